The van der Waals surface area contributed by atoms with Gasteiger partial charge >= 0.3 is 0 Å². The maximum Gasteiger partial charge on any atom is 0.241 e. The Hall–Kier alpha value is -3.35. The third kappa shape index (κ3) is 4.47. The molecule has 1 heterocycles. The van der Waals surface area contributed by atoms with Crippen LogP contribution in [0.4, 0.5) is 5.69 Å². The maximum absolute atomic E-state index is 12.9. The fourth-order valence-electron chi connectivity index (χ4n) is 3.91. The van der Waals surface area contributed by atoms with Gasteiger partial charge in [-0.05, 0) is 38.7 Å². The van der Waals surface area contributed by atoms with E-state index in [1.165, 1.54) is 5.56 Å². The molecule has 0 radical (unpaired) electrons. The molecule has 6 nitrogen and oxygen atoms in total. The van der Waals surface area contributed by atoms with Crippen LogP contribution in [0, 0.1) is 0 Å². The third-order valence-electron chi connectivity index (χ3n) is 5.78. The second-order valence-corrected chi connectivity index (χ2v) is 8.16. The molecule has 2 atom stereocenters. The lowest BCUT2D eigenvalue weighted by atomic mass is 10.1. The fourth-order valence-corrected chi connectivity index (χ4v) is 3.91. The number of benzene rings is 3. The number of carbonyl (C=O) groups is 1. The predicted octanol–water partition coefficient (Wildman–Crippen LogP) is 4.81. The van der Waals surface area contributed by atoms with Gasteiger partial charge < -0.3 is 24.7 Å². The molecule has 0 saturated heterocycles. The zero-order valence-corrected chi connectivity index (χ0v) is 18.9. The van der Waals surface area contributed by atoms with E-state index in [0.717, 1.165) is 16.4 Å². The average Bonchev–Trinajstić information content (AvgIpc) is 3.16. The van der Waals surface area contributed by atoms with E-state index >= 15 is 0 Å². The van der Waals surface area contributed by atoms with Crippen molar-refractivity contribution in [1.29, 1.82) is 0 Å². The highest BCUT2D eigenvalue weighted by atomic mass is 16.5. The number of para-hydroxylation sites is 1. The molecule has 0 aliphatic carbocycles. The molecule has 1 amide bonds. The Kier molecular flexibility index (Phi) is 6.44. The summed E-state index contributed by atoms with van der Waals surface area (Å²) in [6, 6.07) is 21.6. The molecule has 0 spiro atoms. The number of ether oxygens (including phenoxy) is 1. The number of rotatable bonds is 8. The molecule has 32 heavy (non-hydrogen) atoms. The SMILES string of the molecule is COc1cc2c(cc1NC(=O)[C@@H](C)NC[C@H](c1ccccc1)N(C)C)oc1ccccc12. The number of furan rings is 1. The Balaban J connectivity index is 1.49. The van der Waals surface area contributed by atoms with E-state index in [1.807, 2.05) is 75.6 Å². The summed E-state index contributed by atoms with van der Waals surface area (Å²) in [6.07, 6.45) is 0. The Bertz CT molecular complexity index is 1220. The Morgan fingerprint density at radius 3 is 2.44 bits per heavy atom. The highest BCUT2D eigenvalue weighted by Gasteiger charge is 2.20. The van der Waals surface area contributed by atoms with Crippen molar-refractivity contribution in [3.05, 3.63) is 72.3 Å². The van der Waals surface area contributed by atoms with Gasteiger partial charge in [-0.2, -0.15) is 0 Å². The van der Waals surface area contributed by atoms with Crippen LogP contribution in [0.15, 0.2) is 71.1 Å². The number of hydrogen-bond donors (Lipinski definition) is 2. The summed E-state index contributed by atoms with van der Waals surface area (Å²) in [5.41, 5.74) is 3.30. The summed E-state index contributed by atoms with van der Waals surface area (Å²) in [6.45, 7) is 2.50. The molecule has 4 aromatic rings. The lowest BCUT2D eigenvalue weighted by Crippen LogP contribution is -2.42. The summed E-state index contributed by atoms with van der Waals surface area (Å²) >= 11 is 0. The van der Waals surface area contributed by atoms with Gasteiger partial charge in [-0.25, -0.2) is 0 Å². The van der Waals surface area contributed by atoms with Crippen LogP contribution in [-0.2, 0) is 4.79 Å². The highest BCUT2D eigenvalue weighted by molar-refractivity contribution is 6.08. The number of nitrogens with one attached hydrogen (secondary N) is 2. The number of fused-ring (bicyclic) bond motifs is 3. The van der Waals surface area contributed by atoms with Crippen molar-refractivity contribution < 1.29 is 13.9 Å². The van der Waals surface area contributed by atoms with E-state index in [-0.39, 0.29) is 11.9 Å². The van der Waals surface area contributed by atoms with Crippen molar-refractivity contribution in [3.63, 3.8) is 0 Å². The van der Waals surface area contributed by atoms with E-state index in [9.17, 15) is 4.79 Å². The number of likely N-dealkylation sites (N-methyl/N-ethyl adjacent to an activating group) is 1. The normalized spacial score (nSPS) is 13.4. The Morgan fingerprint density at radius 1 is 1.00 bits per heavy atom. The number of hydrogen-bond acceptors (Lipinski definition) is 5. The molecule has 0 fully saturated rings. The molecule has 0 aliphatic rings. The van der Waals surface area contributed by atoms with Crippen molar-refractivity contribution in [2.75, 3.05) is 33.1 Å². The number of anilines is 1. The van der Waals surface area contributed by atoms with Gasteiger partial charge in [0.2, 0.25) is 5.91 Å². The first-order chi connectivity index (χ1) is 15.5. The summed E-state index contributed by atoms with van der Waals surface area (Å²) in [4.78, 5) is 15.1. The molecule has 0 saturated carbocycles. The summed E-state index contributed by atoms with van der Waals surface area (Å²) < 4.78 is 11.5. The van der Waals surface area contributed by atoms with E-state index in [2.05, 4.69) is 27.7 Å². The Labute approximate surface area is 188 Å². The Morgan fingerprint density at radius 2 is 1.72 bits per heavy atom. The second kappa shape index (κ2) is 9.42. The molecule has 0 bridgehead atoms. The third-order valence-corrected chi connectivity index (χ3v) is 5.78. The standard InChI is InChI=1S/C26H29N3O3/c1-17(27-16-22(29(2)3)18-10-6-5-7-11-18)26(30)28-21-15-24-20(14-25(21)31-4)19-12-8-9-13-23(19)32-24/h5-15,17,22,27H,16H2,1-4H3,(H,28,30)/t17-,22-/m1/s1. The van der Waals surface area contributed by atoms with Crippen LogP contribution in [-0.4, -0.2) is 44.6 Å². The van der Waals surface area contributed by atoms with Crippen LogP contribution in [0.5, 0.6) is 5.75 Å². The topological polar surface area (TPSA) is 66.7 Å². The monoisotopic (exact) mass is 431 g/mol. The molecular formula is C26H29N3O3. The van der Waals surface area contributed by atoms with Crippen molar-refractivity contribution >= 4 is 33.5 Å². The van der Waals surface area contributed by atoms with E-state index < -0.39 is 6.04 Å². The first-order valence-corrected chi connectivity index (χ1v) is 10.7. The quantitative estimate of drug-likeness (QED) is 0.419. The molecule has 166 valence electrons. The van der Waals surface area contributed by atoms with Crippen LogP contribution < -0.4 is 15.4 Å². The van der Waals surface area contributed by atoms with Gasteiger partial charge in [-0.15, -0.1) is 0 Å². The molecular weight excluding hydrogens is 402 g/mol. The minimum Gasteiger partial charge on any atom is -0.495 e. The van der Waals surface area contributed by atoms with Gasteiger partial charge in [-0.1, -0.05) is 48.5 Å². The lowest BCUT2D eigenvalue weighted by molar-refractivity contribution is -0.117. The van der Waals surface area contributed by atoms with E-state index in [0.29, 0.717) is 23.6 Å². The lowest BCUT2D eigenvalue weighted by Gasteiger charge is -2.26. The van der Waals surface area contributed by atoms with Crippen molar-refractivity contribution in [1.82, 2.24) is 10.2 Å². The number of amides is 1. The van der Waals surface area contributed by atoms with Gasteiger partial charge in [0, 0.05) is 29.4 Å². The van der Waals surface area contributed by atoms with Crippen LogP contribution in [0.25, 0.3) is 21.9 Å². The minimum absolute atomic E-state index is 0.135. The zero-order chi connectivity index (χ0) is 22.7. The number of methoxy groups -OCH3 is 1. The van der Waals surface area contributed by atoms with Crippen molar-refractivity contribution in [3.8, 4) is 5.75 Å². The zero-order valence-electron chi connectivity index (χ0n) is 18.9. The summed E-state index contributed by atoms with van der Waals surface area (Å²) in [7, 11) is 5.68. The van der Waals surface area contributed by atoms with Crippen LogP contribution in [0.3, 0.4) is 0 Å². The molecule has 3 aromatic carbocycles. The molecule has 2 N–H and O–H groups in total. The smallest absolute Gasteiger partial charge is 0.241 e. The molecule has 6 heteroatoms. The maximum atomic E-state index is 12.9. The predicted molar refractivity (Wildman–Crippen MR) is 129 cm³/mol. The van der Waals surface area contributed by atoms with Crippen LogP contribution in [0.1, 0.15) is 18.5 Å². The van der Waals surface area contributed by atoms with Gasteiger partial charge in [0.1, 0.15) is 16.9 Å². The fraction of sp³-hybridized carbons (Fsp3) is 0.269. The second-order valence-electron chi connectivity index (χ2n) is 8.16. The van der Waals surface area contributed by atoms with Crippen LogP contribution >= 0.6 is 0 Å². The summed E-state index contributed by atoms with van der Waals surface area (Å²) in [5, 5.41) is 8.33. The van der Waals surface area contributed by atoms with Crippen LogP contribution in [0.2, 0.25) is 0 Å². The average molecular weight is 432 g/mol. The first-order valence-electron chi connectivity index (χ1n) is 10.7. The largest absolute Gasteiger partial charge is 0.495 e. The van der Waals surface area contributed by atoms with E-state index in [4.69, 9.17) is 9.15 Å². The molecule has 0 unspecified atom stereocenters. The molecule has 4 rings (SSSR count). The number of carbonyl (C=O) groups excluding carboxylic acids is 1. The van der Waals surface area contributed by atoms with Crippen molar-refractivity contribution in [2.24, 2.45) is 0 Å². The summed E-state index contributed by atoms with van der Waals surface area (Å²) in [5.74, 6) is 0.462. The van der Waals surface area contributed by atoms with Crippen molar-refractivity contribution in [2.45, 2.75) is 19.0 Å². The minimum atomic E-state index is -0.391. The molecule has 1 aromatic heterocycles. The highest BCUT2D eigenvalue weighted by Crippen LogP contribution is 2.36. The molecule has 0 aliphatic heterocycles. The van der Waals surface area contributed by atoms with Gasteiger partial charge in [0.05, 0.1) is 18.8 Å². The van der Waals surface area contributed by atoms with Gasteiger partial charge in [-0.3, -0.25) is 4.79 Å². The van der Waals surface area contributed by atoms with Gasteiger partial charge in [0.15, 0.2) is 0 Å². The van der Waals surface area contributed by atoms with E-state index in [1.54, 1.807) is 7.11 Å². The van der Waals surface area contributed by atoms with Gasteiger partial charge in [0.25, 0.3) is 0 Å². The number of nitrogens with zero attached hydrogens (tertiary/aromatic N) is 1. The first kappa shape index (κ1) is 21.9.